The van der Waals surface area contributed by atoms with Gasteiger partial charge in [-0.2, -0.15) is 4.31 Å². The Balaban J connectivity index is 1.54. The second-order valence-corrected chi connectivity index (χ2v) is 8.41. The van der Waals surface area contributed by atoms with Gasteiger partial charge in [0.15, 0.2) is 0 Å². The van der Waals surface area contributed by atoms with Crippen LogP contribution < -0.4 is 5.32 Å². The lowest BCUT2D eigenvalue weighted by atomic mass is 10.2. The number of rotatable bonds is 5. The van der Waals surface area contributed by atoms with E-state index in [0.717, 1.165) is 12.1 Å². The SMILES string of the molecule is O=C(Nc1cccc(-n2cnnn2)c1)C1CCCN1S(=O)(=O)c1ccc(F)cc1. The molecule has 1 unspecified atom stereocenters. The van der Waals surface area contributed by atoms with Crippen molar-refractivity contribution in [1.82, 2.24) is 24.5 Å². The van der Waals surface area contributed by atoms with E-state index in [4.69, 9.17) is 0 Å². The number of hydrogen-bond acceptors (Lipinski definition) is 6. The smallest absolute Gasteiger partial charge is 0.243 e. The Morgan fingerprint density at radius 2 is 1.97 bits per heavy atom. The first-order valence-corrected chi connectivity index (χ1v) is 10.3. The van der Waals surface area contributed by atoms with Gasteiger partial charge in [-0.15, -0.1) is 5.10 Å². The van der Waals surface area contributed by atoms with Crippen LogP contribution in [0, 0.1) is 5.82 Å². The molecule has 2 heterocycles. The molecule has 1 atom stereocenters. The minimum atomic E-state index is -3.91. The summed E-state index contributed by atoms with van der Waals surface area (Å²) in [6.07, 6.45) is 2.39. The lowest BCUT2D eigenvalue weighted by Crippen LogP contribution is -2.43. The first-order chi connectivity index (χ1) is 13.9. The predicted molar refractivity (Wildman–Crippen MR) is 101 cm³/mol. The molecule has 1 aromatic heterocycles. The van der Waals surface area contributed by atoms with Gasteiger partial charge in [0, 0.05) is 12.2 Å². The molecule has 1 saturated heterocycles. The maximum absolute atomic E-state index is 13.1. The molecule has 9 nitrogen and oxygen atoms in total. The summed E-state index contributed by atoms with van der Waals surface area (Å²) in [6.45, 7) is 0.225. The molecule has 0 radical (unpaired) electrons. The number of benzene rings is 2. The molecule has 2 aromatic carbocycles. The summed E-state index contributed by atoms with van der Waals surface area (Å²) in [4.78, 5) is 12.8. The number of halogens is 1. The lowest BCUT2D eigenvalue weighted by Gasteiger charge is -2.23. The maximum atomic E-state index is 13.1. The van der Waals surface area contributed by atoms with Crippen molar-refractivity contribution in [3.8, 4) is 5.69 Å². The molecule has 3 aromatic rings. The molecule has 1 amide bonds. The number of nitrogens with one attached hydrogen (secondary N) is 1. The van der Waals surface area contributed by atoms with E-state index in [1.165, 1.54) is 27.4 Å². The predicted octanol–water partition coefficient (Wildman–Crippen LogP) is 1.59. The van der Waals surface area contributed by atoms with Crippen LogP contribution in [0.1, 0.15) is 12.8 Å². The summed E-state index contributed by atoms with van der Waals surface area (Å²) in [5, 5.41) is 13.7. The third-order valence-corrected chi connectivity index (χ3v) is 6.58. The van der Waals surface area contributed by atoms with E-state index >= 15 is 0 Å². The summed E-state index contributed by atoms with van der Waals surface area (Å²) < 4.78 is 41.6. The average Bonchev–Trinajstić information content (AvgIpc) is 3.41. The van der Waals surface area contributed by atoms with Gasteiger partial charge < -0.3 is 5.32 Å². The van der Waals surface area contributed by atoms with Crippen molar-refractivity contribution in [3.05, 3.63) is 60.7 Å². The molecule has 4 rings (SSSR count). The van der Waals surface area contributed by atoms with Crippen LogP contribution in [0.5, 0.6) is 0 Å². The highest BCUT2D eigenvalue weighted by atomic mass is 32.2. The Morgan fingerprint density at radius 1 is 1.17 bits per heavy atom. The molecule has 0 aliphatic carbocycles. The zero-order valence-electron chi connectivity index (χ0n) is 15.1. The lowest BCUT2D eigenvalue weighted by molar-refractivity contribution is -0.119. The standard InChI is InChI=1S/C18H17FN6O3S/c19-13-6-8-16(9-7-13)29(27,28)25-10-2-5-17(25)18(26)21-14-3-1-4-15(11-14)24-12-20-22-23-24/h1,3-4,6-9,11-12,17H,2,5,10H2,(H,21,26). The Kier molecular flexibility index (Phi) is 5.07. The minimum absolute atomic E-state index is 0.0423. The van der Waals surface area contributed by atoms with Crippen molar-refractivity contribution in [2.24, 2.45) is 0 Å². The highest BCUT2D eigenvalue weighted by Gasteiger charge is 2.39. The molecule has 29 heavy (non-hydrogen) atoms. The molecule has 0 bridgehead atoms. The number of hydrogen-bond donors (Lipinski definition) is 1. The van der Waals surface area contributed by atoms with Gasteiger partial charge in [0.05, 0.1) is 10.6 Å². The fourth-order valence-corrected chi connectivity index (χ4v) is 4.92. The Labute approximate surface area is 166 Å². The first kappa shape index (κ1) is 19.2. The highest BCUT2D eigenvalue weighted by molar-refractivity contribution is 7.89. The summed E-state index contributed by atoms with van der Waals surface area (Å²) in [5.74, 6) is -0.954. The number of amides is 1. The van der Waals surface area contributed by atoms with Crippen LogP contribution in [0.15, 0.2) is 59.8 Å². The molecule has 1 fully saturated rings. The van der Waals surface area contributed by atoms with Crippen LogP contribution in [0.25, 0.3) is 5.69 Å². The molecule has 150 valence electrons. The van der Waals surface area contributed by atoms with Crippen LogP contribution >= 0.6 is 0 Å². The van der Waals surface area contributed by atoms with Gasteiger partial charge in [-0.3, -0.25) is 4.79 Å². The molecule has 11 heteroatoms. The minimum Gasteiger partial charge on any atom is -0.325 e. The Morgan fingerprint density at radius 3 is 2.69 bits per heavy atom. The molecular formula is C18H17FN6O3S. The maximum Gasteiger partial charge on any atom is 0.243 e. The van der Waals surface area contributed by atoms with Crippen molar-refractivity contribution < 1.29 is 17.6 Å². The van der Waals surface area contributed by atoms with Crippen molar-refractivity contribution in [2.75, 3.05) is 11.9 Å². The number of anilines is 1. The molecule has 0 saturated carbocycles. The topological polar surface area (TPSA) is 110 Å². The normalized spacial score (nSPS) is 17.3. The Hall–Kier alpha value is -3.18. The Bertz CT molecular complexity index is 1120. The van der Waals surface area contributed by atoms with Crippen molar-refractivity contribution in [3.63, 3.8) is 0 Å². The van der Waals surface area contributed by atoms with E-state index < -0.39 is 27.8 Å². The molecule has 1 aliphatic heterocycles. The van der Waals surface area contributed by atoms with E-state index in [2.05, 4.69) is 20.8 Å². The van der Waals surface area contributed by atoms with Gasteiger partial charge in [0.1, 0.15) is 18.2 Å². The quantitative estimate of drug-likeness (QED) is 0.676. The van der Waals surface area contributed by atoms with Gasteiger partial charge in [0.2, 0.25) is 15.9 Å². The van der Waals surface area contributed by atoms with Crippen LogP contribution in [-0.2, 0) is 14.8 Å². The van der Waals surface area contributed by atoms with Gasteiger partial charge in [-0.05, 0) is 65.7 Å². The van der Waals surface area contributed by atoms with E-state index in [0.29, 0.717) is 24.2 Å². The zero-order chi connectivity index (χ0) is 20.4. The largest absolute Gasteiger partial charge is 0.325 e. The number of aromatic nitrogens is 4. The number of tetrazole rings is 1. The van der Waals surface area contributed by atoms with Crippen molar-refractivity contribution in [2.45, 2.75) is 23.8 Å². The van der Waals surface area contributed by atoms with Gasteiger partial charge >= 0.3 is 0 Å². The molecular weight excluding hydrogens is 399 g/mol. The van der Waals surface area contributed by atoms with E-state index in [1.54, 1.807) is 24.3 Å². The third-order valence-electron chi connectivity index (χ3n) is 4.65. The highest BCUT2D eigenvalue weighted by Crippen LogP contribution is 2.27. The summed E-state index contributed by atoms with van der Waals surface area (Å²) in [5.41, 5.74) is 1.14. The molecule has 0 spiro atoms. The molecule has 1 aliphatic rings. The second kappa shape index (κ2) is 7.68. The third kappa shape index (κ3) is 3.87. The molecule has 1 N–H and O–H groups in total. The number of carbonyl (C=O) groups is 1. The number of nitrogens with zero attached hydrogens (tertiary/aromatic N) is 5. The number of carbonyl (C=O) groups excluding carboxylic acids is 1. The second-order valence-electron chi connectivity index (χ2n) is 6.52. The van der Waals surface area contributed by atoms with E-state index in [1.807, 2.05) is 0 Å². The average molecular weight is 416 g/mol. The fourth-order valence-electron chi connectivity index (χ4n) is 3.26. The van der Waals surface area contributed by atoms with Crippen LogP contribution in [0.3, 0.4) is 0 Å². The van der Waals surface area contributed by atoms with Crippen molar-refractivity contribution >= 4 is 21.6 Å². The summed E-state index contributed by atoms with van der Waals surface area (Å²) >= 11 is 0. The van der Waals surface area contributed by atoms with Crippen LogP contribution in [-0.4, -0.2) is 51.4 Å². The summed E-state index contributed by atoms with van der Waals surface area (Å²) in [7, 11) is -3.91. The van der Waals surface area contributed by atoms with Crippen LogP contribution in [0.4, 0.5) is 10.1 Å². The van der Waals surface area contributed by atoms with E-state index in [-0.39, 0.29) is 11.4 Å². The van der Waals surface area contributed by atoms with Gasteiger partial charge in [0.25, 0.3) is 0 Å². The first-order valence-electron chi connectivity index (χ1n) is 8.87. The van der Waals surface area contributed by atoms with Crippen LogP contribution in [0.2, 0.25) is 0 Å². The van der Waals surface area contributed by atoms with Gasteiger partial charge in [-0.1, -0.05) is 6.07 Å². The van der Waals surface area contributed by atoms with E-state index in [9.17, 15) is 17.6 Å². The fraction of sp³-hybridized carbons (Fsp3) is 0.222. The van der Waals surface area contributed by atoms with Gasteiger partial charge in [-0.25, -0.2) is 17.5 Å². The van der Waals surface area contributed by atoms with Crippen molar-refractivity contribution in [1.29, 1.82) is 0 Å². The number of sulfonamides is 1. The zero-order valence-corrected chi connectivity index (χ0v) is 16.0. The summed E-state index contributed by atoms with van der Waals surface area (Å²) in [6, 6.07) is 10.6. The monoisotopic (exact) mass is 416 g/mol.